The molecule has 1 aromatic heterocycles. The summed E-state index contributed by atoms with van der Waals surface area (Å²) in [6, 6.07) is 7.79. The summed E-state index contributed by atoms with van der Waals surface area (Å²) in [5, 5.41) is 14.0. The Kier molecular flexibility index (Phi) is 5.71. The van der Waals surface area contributed by atoms with Gasteiger partial charge in [0.05, 0.1) is 10.5 Å². The maximum absolute atomic E-state index is 12.9. The highest BCUT2D eigenvalue weighted by Crippen LogP contribution is 2.37. The van der Waals surface area contributed by atoms with Crippen LogP contribution in [-0.4, -0.2) is 28.9 Å². The first-order chi connectivity index (χ1) is 13.6. The maximum Gasteiger partial charge on any atom is 0.416 e. The van der Waals surface area contributed by atoms with Crippen LogP contribution in [0.25, 0.3) is 0 Å². The number of alkyl halides is 3. The second kappa shape index (κ2) is 8.06. The quantitative estimate of drug-likeness (QED) is 0.606. The number of hydrogen-bond donors (Lipinski definition) is 1. The van der Waals surface area contributed by atoms with Gasteiger partial charge in [0.15, 0.2) is 0 Å². The van der Waals surface area contributed by atoms with Crippen LogP contribution < -0.4 is 10.2 Å². The molecular formula is C19H19F3N4O3. The highest BCUT2D eigenvalue weighted by atomic mass is 19.4. The Morgan fingerprint density at radius 1 is 1.24 bits per heavy atom. The number of carbonyl (C=O) groups excluding carboxylic acids is 1. The second-order valence-corrected chi connectivity index (χ2v) is 6.87. The second-order valence-electron chi connectivity index (χ2n) is 6.87. The molecule has 2 aromatic rings. The molecule has 29 heavy (non-hydrogen) atoms. The normalized spacial score (nSPS) is 15.2. The number of aromatic nitrogens is 1. The van der Waals surface area contributed by atoms with Crippen molar-refractivity contribution in [3.05, 3.63) is 57.8 Å². The number of rotatable bonds is 4. The van der Waals surface area contributed by atoms with Crippen LogP contribution in [0.3, 0.4) is 0 Å². The van der Waals surface area contributed by atoms with Crippen molar-refractivity contribution in [3.63, 3.8) is 0 Å². The monoisotopic (exact) mass is 408 g/mol. The molecule has 154 valence electrons. The zero-order chi connectivity index (χ0) is 21.2. The summed E-state index contributed by atoms with van der Waals surface area (Å²) >= 11 is 0. The molecule has 2 heterocycles. The van der Waals surface area contributed by atoms with E-state index in [0.717, 1.165) is 17.8 Å². The van der Waals surface area contributed by atoms with Crippen molar-refractivity contribution < 1.29 is 22.9 Å². The number of carbonyl (C=O) groups is 1. The average Bonchev–Trinajstić information content (AvgIpc) is 2.67. The molecule has 0 bridgehead atoms. The molecule has 0 saturated carbocycles. The number of piperidine rings is 1. The summed E-state index contributed by atoms with van der Waals surface area (Å²) in [7, 11) is 0. The lowest BCUT2D eigenvalue weighted by Gasteiger charge is -2.32. The number of hydrogen-bond acceptors (Lipinski definition) is 5. The minimum atomic E-state index is -4.65. The lowest BCUT2D eigenvalue weighted by atomic mass is 9.95. The molecule has 1 amide bonds. The SMILES string of the molecule is Cc1cccc(NC(=O)C2CCN(c3ccc(C(F)(F)F)cc3[N+](=O)[O-])CC2)n1. The fraction of sp³-hybridized carbons (Fsp3) is 0.368. The van der Waals surface area contributed by atoms with Crippen molar-refractivity contribution in [2.45, 2.75) is 25.9 Å². The van der Waals surface area contributed by atoms with E-state index in [4.69, 9.17) is 0 Å². The molecular weight excluding hydrogens is 389 g/mol. The number of nitro groups is 1. The van der Waals surface area contributed by atoms with Gasteiger partial charge in [-0.15, -0.1) is 0 Å². The van der Waals surface area contributed by atoms with Crippen LogP contribution in [0.1, 0.15) is 24.1 Å². The Balaban J connectivity index is 1.69. The third kappa shape index (κ3) is 4.82. The molecule has 1 N–H and O–H groups in total. The maximum atomic E-state index is 12.9. The Labute approximate surface area is 164 Å². The number of benzene rings is 1. The van der Waals surface area contributed by atoms with E-state index in [2.05, 4.69) is 10.3 Å². The molecule has 0 unspecified atom stereocenters. The molecule has 1 fully saturated rings. The van der Waals surface area contributed by atoms with Crippen molar-refractivity contribution in [3.8, 4) is 0 Å². The smallest absolute Gasteiger partial charge is 0.366 e. The Morgan fingerprint density at radius 3 is 2.52 bits per heavy atom. The largest absolute Gasteiger partial charge is 0.416 e. The summed E-state index contributed by atoms with van der Waals surface area (Å²) in [6.07, 6.45) is -3.80. The topological polar surface area (TPSA) is 88.4 Å². The van der Waals surface area contributed by atoms with Gasteiger partial charge in [0.2, 0.25) is 5.91 Å². The van der Waals surface area contributed by atoms with Crippen LogP contribution in [0, 0.1) is 23.0 Å². The molecule has 1 aromatic carbocycles. The van der Waals surface area contributed by atoms with E-state index in [1.807, 2.05) is 13.0 Å². The molecule has 1 saturated heterocycles. The first kappa shape index (κ1) is 20.6. The third-order valence-corrected chi connectivity index (χ3v) is 4.85. The number of pyridine rings is 1. The molecule has 0 radical (unpaired) electrons. The van der Waals surface area contributed by atoms with Crippen LogP contribution >= 0.6 is 0 Å². The van der Waals surface area contributed by atoms with Crippen molar-refractivity contribution in [1.82, 2.24) is 4.98 Å². The van der Waals surface area contributed by atoms with Crippen LogP contribution in [0.4, 0.5) is 30.4 Å². The first-order valence-electron chi connectivity index (χ1n) is 9.00. The average molecular weight is 408 g/mol. The highest BCUT2D eigenvalue weighted by Gasteiger charge is 2.35. The molecule has 0 atom stereocenters. The summed E-state index contributed by atoms with van der Waals surface area (Å²) in [4.78, 5) is 28.8. The predicted octanol–water partition coefficient (Wildman–Crippen LogP) is 4.17. The molecule has 10 heteroatoms. The van der Waals surface area contributed by atoms with Gasteiger partial charge in [-0.1, -0.05) is 6.07 Å². The van der Waals surface area contributed by atoms with Gasteiger partial charge < -0.3 is 10.2 Å². The number of anilines is 2. The van der Waals surface area contributed by atoms with E-state index >= 15 is 0 Å². The summed E-state index contributed by atoms with van der Waals surface area (Å²) in [5.41, 5.74) is -0.756. The fourth-order valence-electron chi connectivity index (χ4n) is 3.34. The number of nitrogens with one attached hydrogen (secondary N) is 1. The van der Waals surface area contributed by atoms with E-state index in [9.17, 15) is 28.1 Å². The van der Waals surface area contributed by atoms with Crippen LogP contribution in [0.2, 0.25) is 0 Å². The van der Waals surface area contributed by atoms with Crippen molar-refractivity contribution in [2.24, 2.45) is 5.92 Å². The standard InChI is InChI=1S/C19H19F3N4O3/c1-12-3-2-4-17(23-12)24-18(27)13-7-9-25(10-8-13)15-6-5-14(19(20,21)22)11-16(15)26(28)29/h2-6,11,13H,7-10H2,1H3,(H,23,24,27). The Bertz CT molecular complexity index is 925. The summed E-state index contributed by atoms with van der Waals surface area (Å²) in [5.74, 6) is -0.0393. The van der Waals surface area contributed by atoms with Crippen LogP contribution in [0.5, 0.6) is 0 Å². The van der Waals surface area contributed by atoms with E-state index < -0.39 is 22.4 Å². The number of nitro benzene ring substituents is 1. The van der Waals surface area contributed by atoms with Gasteiger partial charge in [0, 0.05) is 30.8 Å². The van der Waals surface area contributed by atoms with Crippen molar-refractivity contribution in [1.29, 1.82) is 0 Å². The third-order valence-electron chi connectivity index (χ3n) is 4.85. The van der Waals surface area contributed by atoms with Gasteiger partial charge >= 0.3 is 6.18 Å². The lowest BCUT2D eigenvalue weighted by Crippen LogP contribution is -2.38. The minimum Gasteiger partial charge on any atom is -0.366 e. The zero-order valence-electron chi connectivity index (χ0n) is 15.6. The van der Waals surface area contributed by atoms with Gasteiger partial charge in [-0.3, -0.25) is 14.9 Å². The molecule has 3 rings (SSSR count). The van der Waals surface area contributed by atoms with E-state index in [0.29, 0.717) is 37.8 Å². The van der Waals surface area contributed by atoms with E-state index in [1.54, 1.807) is 17.0 Å². The summed E-state index contributed by atoms with van der Waals surface area (Å²) < 4.78 is 38.6. The van der Waals surface area contributed by atoms with Crippen molar-refractivity contribution >= 4 is 23.1 Å². The number of amides is 1. The van der Waals surface area contributed by atoms with Gasteiger partial charge in [-0.2, -0.15) is 13.2 Å². The first-order valence-corrected chi connectivity index (χ1v) is 9.00. The minimum absolute atomic E-state index is 0.127. The number of nitrogens with zero attached hydrogens (tertiary/aromatic N) is 3. The fourth-order valence-corrected chi connectivity index (χ4v) is 3.34. The Hall–Kier alpha value is -3.17. The van der Waals surface area contributed by atoms with Gasteiger partial charge in [0.25, 0.3) is 5.69 Å². The van der Waals surface area contributed by atoms with Crippen LogP contribution in [0.15, 0.2) is 36.4 Å². The molecule has 1 aliphatic rings. The molecule has 7 nitrogen and oxygen atoms in total. The summed E-state index contributed by atoms with van der Waals surface area (Å²) in [6.45, 7) is 2.46. The zero-order valence-corrected chi connectivity index (χ0v) is 15.6. The highest BCUT2D eigenvalue weighted by molar-refractivity contribution is 5.91. The molecule has 1 aliphatic heterocycles. The number of aryl methyl sites for hydroxylation is 1. The van der Waals surface area contributed by atoms with E-state index in [1.165, 1.54) is 0 Å². The van der Waals surface area contributed by atoms with Crippen LogP contribution in [-0.2, 0) is 11.0 Å². The van der Waals surface area contributed by atoms with Gasteiger partial charge in [-0.05, 0) is 44.0 Å². The lowest BCUT2D eigenvalue weighted by molar-refractivity contribution is -0.384. The molecule has 0 spiro atoms. The van der Waals surface area contributed by atoms with Gasteiger partial charge in [0.1, 0.15) is 11.5 Å². The van der Waals surface area contributed by atoms with E-state index in [-0.39, 0.29) is 17.5 Å². The molecule has 0 aliphatic carbocycles. The van der Waals surface area contributed by atoms with Crippen molar-refractivity contribution in [2.75, 3.05) is 23.3 Å². The van der Waals surface area contributed by atoms with Gasteiger partial charge in [-0.25, -0.2) is 4.98 Å². The predicted molar refractivity (Wildman–Crippen MR) is 101 cm³/mol. The number of halogens is 3. The Morgan fingerprint density at radius 2 is 1.93 bits per heavy atom.